The molecule has 0 bridgehead atoms. The Kier molecular flexibility index (Phi) is 6.52. The summed E-state index contributed by atoms with van der Waals surface area (Å²) in [5.74, 6) is -0.242. The van der Waals surface area contributed by atoms with E-state index >= 15 is 0 Å². The van der Waals surface area contributed by atoms with Crippen molar-refractivity contribution in [3.8, 4) is 23.0 Å². The SMILES string of the molecule is COC(=O)c1c(O)cc(O)c(Cl)c1CCc1ccc(Cl)cc1Oc1ccccc1. The van der Waals surface area contributed by atoms with Crippen LogP contribution in [0.1, 0.15) is 21.5 Å². The zero-order valence-electron chi connectivity index (χ0n) is 15.5. The van der Waals surface area contributed by atoms with Crippen LogP contribution in [0.25, 0.3) is 0 Å². The molecule has 2 N–H and O–H groups in total. The van der Waals surface area contributed by atoms with Crippen LogP contribution in [0, 0.1) is 0 Å². The number of hydrogen-bond donors (Lipinski definition) is 2. The first-order valence-electron chi connectivity index (χ1n) is 8.73. The molecule has 7 heteroatoms. The van der Waals surface area contributed by atoms with E-state index in [9.17, 15) is 15.0 Å². The topological polar surface area (TPSA) is 76.0 Å². The number of carbonyl (C=O) groups is 1. The van der Waals surface area contributed by atoms with Crippen LogP contribution in [0.4, 0.5) is 0 Å². The van der Waals surface area contributed by atoms with E-state index in [1.807, 2.05) is 36.4 Å². The third-order valence-corrected chi connectivity index (χ3v) is 5.01. The summed E-state index contributed by atoms with van der Waals surface area (Å²) in [6, 6.07) is 15.5. The van der Waals surface area contributed by atoms with Gasteiger partial charge in [-0.1, -0.05) is 47.5 Å². The molecule has 29 heavy (non-hydrogen) atoms. The van der Waals surface area contributed by atoms with E-state index in [2.05, 4.69) is 0 Å². The maximum absolute atomic E-state index is 12.1. The van der Waals surface area contributed by atoms with E-state index in [4.69, 9.17) is 32.7 Å². The van der Waals surface area contributed by atoms with E-state index in [-0.39, 0.29) is 28.3 Å². The lowest BCUT2D eigenvalue weighted by Crippen LogP contribution is -2.08. The molecule has 0 unspecified atom stereocenters. The number of methoxy groups -OCH3 is 1. The van der Waals surface area contributed by atoms with Crippen LogP contribution in [0.5, 0.6) is 23.0 Å². The summed E-state index contributed by atoms with van der Waals surface area (Å²) in [6.07, 6.45) is 0.657. The number of carbonyl (C=O) groups excluding carboxylic acids is 1. The Morgan fingerprint density at radius 1 is 0.966 bits per heavy atom. The molecule has 0 radical (unpaired) electrons. The van der Waals surface area contributed by atoms with E-state index in [1.54, 1.807) is 12.1 Å². The molecule has 0 aliphatic carbocycles. The predicted molar refractivity (Wildman–Crippen MR) is 111 cm³/mol. The van der Waals surface area contributed by atoms with Gasteiger partial charge in [0.1, 0.15) is 28.6 Å². The molecule has 0 aliphatic heterocycles. The van der Waals surface area contributed by atoms with E-state index in [0.717, 1.165) is 11.6 Å². The highest BCUT2D eigenvalue weighted by molar-refractivity contribution is 6.33. The molecule has 0 saturated heterocycles. The van der Waals surface area contributed by atoms with Crippen LogP contribution in [-0.4, -0.2) is 23.3 Å². The molecular weight excluding hydrogens is 415 g/mol. The monoisotopic (exact) mass is 432 g/mol. The van der Waals surface area contributed by atoms with Gasteiger partial charge in [0.2, 0.25) is 0 Å². The maximum Gasteiger partial charge on any atom is 0.341 e. The van der Waals surface area contributed by atoms with Crippen molar-refractivity contribution in [2.24, 2.45) is 0 Å². The number of aryl methyl sites for hydroxylation is 1. The number of rotatable bonds is 6. The first-order valence-corrected chi connectivity index (χ1v) is 9.49. The van der Waals surface area contributed by atoms with Crippen LogP contribution in [0.3, 0.4) is 0 Å². The van der Waals surface area contributed by atoms with Gasteiger partial charge in [-0.25, -0.2) is 4.79 Å². The lowest BCUT2D eigenvalue weighted by molar-refractivity contribution is 0.0596. The number of aromatic hydroxyl groups is 2. The second kappa shape index (κ2) is 9.07. The summed E-state index contributed by atoms with van der Waals surface area (Å²) < 4.78 is 10.7. The van der Waals surface area contributed by atoms with Gasteiger partial charge in [-0.05, 0) is 48.2 Å². The maximum atomic E-state index is 12.1. The third kappa shape index (κ3) is 4.75. The van der Waals surface area contributed by atoms with Gasteiger partial charge in [-0.2, -0.15) is 0 Å². The standard InChI is InChI=1S/C22H18Cl2O5/c1-28-22(27)20-16(21(24)18(26)12-17(20)25)10-8-13-7-9-14(23)11-19(13)29-15-5-3-2-4-6-15/h2-7,9,11-12,25-26H,8,10H2,1H3. The molecule has 3 rings (SSSR count). The average Bonchev–Trinajstić information content (AvgIpc) is 2.71. The first kappa shape index (κ1) is 20.8. The lowest BCUT2D eigenvalue weighted by atomic mass is 9.98. The molecule has 0 saturated carbocycles. The normalized spacial score (nSPS) is 10.6. The summed E-state index contributed by atoms with van der Waals surface area (Å²) in [4.78, 5) is 12.1. The van der Waals surface area contributed by atoms with Crippen LogP contribution in [0.15, 0.2) is 54.6 Å². The quantitative estimate of drug-likeness (QED) is 0.483. The van der Waals surface area contributed by atoms with Gasteiger partial charge in [-0.15, -0.1) is 0 Å². The molecule has 0 amide bonds. The second-order valence-electron chi connectivity index (χ2n) is 6.24. The largest absolute Gasteiger partial charge is 0.507 e. The van der Waals surface area contributed by atoms with Crippen molar-refractivity contribution in [1.29, 1.82) is 0 Å². The Hall–Kier alpha value is -2.89. The van der Waals surface area contributed by atoms with Crippen molar-refractivity contribution in [3.05, 3.63) is 81.3 Å². The van der Waals surface area contributed by atoms with Gasteiger partial charge in [0, 0.05) is 11.1 Å². The molecule has 0 spiro atoms. The Bertz CT molecular complexity index is 1040. The number of hydrogen-bond acceptors (Lipinski definition) is 5. The number of para-hydroxylation sites is 1. The summed E-state index contributed by atoms with van der Waals surface area (Å²) in [7, 11) is 1.21. The minimum atomic E-state index is -0.740. The van der Waals surface area contributed by atoms with Gasteiger partial charge in [-0.3, -0.25) is 0 Å². The van der Waals surface area contributed by atoms with E-state index < -0.39 is 11.7 Å². The Labute approximate surface area is 178 Å². The molecule has 5 nitrogen and oxygen atoms in total. The summed E-state index contributed by atoms with van der Waals surface area (Å²) >= 11 is 12.3. The van der Waals surface area contributed by atoms with Crippen molar-refractivity contribution < 1.29 is 24.5 Å². The zero-order chi connectivity index (χ0) is 21.0. The first-order chi connectivity index (χ1) is 13.9. The predicted octanol–water partition coefficient (Wildman–Crippen LogP) is 5.77. The molecule has 3 aromatic carbocycles. The van der Waals surface area contributed by atoms with Gasteiger partial charge in [0.05, 0.1) is 12.1 Å². The smallest absolute Gasteiger partial charge is 0.341 e. The van der Waals surface area contributed by atoms with Crippen LogP contribution in [-0.2, 0) is 17.6 Å². The number of esters is 1. The Balaban J connectivity index is 1.94. The summed E-state index contributed by atoms with van der Waals surface area (Å²) in [5, 5.41) is 20.6. The van der Waals surface area contributed by atoms with Crippen molar-refractivity contribution in [2.75, 3.05) is 7.11 Å². The average molecular weight is 433 g/mol. The highest BCUT2D eigenvalue weighted by Crippen LogP contribution is 2.38. The highest BCUT2D eigenvalue weighted by Gasteiger charge is 2.23. The second-order valence-corrected chi connectivity index (χ2v) is 7.06. The van der Waals surface area contributed by atoms with Crippen LogP contribution < -0.4 is 4.74 Å². The van der Waals surface area contributed by atoms with Crippen molar-refractivity contribution >= 4 is 29.2 Å². The highest BCUT2D eigenvalue weighted by atomic mass is 35.5. The van der Waals surface area contributed by atoms with E-state index in [1.165, 1.54) is 7.11 Å². The number of benzene rings is 3. The Morgan fingerprint density at radius 3 is 2.38 bits per heavy atom. The fourth-order valence-electron chi connectivity index (χ4n) is 2.95. The molecule has 0 aromatic heterocycles. The lowest BCUT2D eigenvalue weighted by Gasteiger charge is -2.15. The van der Waals surface area contributed by atoms with Gasteiger partial charge in [0.15, 0.2) is 0 Å². The minimum Gasteiger partial charge on any atom is -0.507 e. The zero-order valence-corrected chi connectivity index (χ0v) is 17.0. The van der Waals surface area contributed by atoms with Gasteiger partial charge < -0.3 is 19.7 Å². The van der Waals surface area contributed by atoms with Crippen molar-refractivity contribution in [3.63, 3.8) is 0 Å². The third-order valence-electron chi connectivity index (χ3n) is 4.36. The van der Waals surface area contributed by atoms with Crippen molar-refractivity contribution in [1.82, 2.24) is 0 Å². The number of halogens is 2. The summed E-state index contributed by atoms with van der Waals surface area (Å²) in [6.45, 7) is 0. The summed E-state index contributed by atoms with van der Waals surface area (Å²) in [5.41, 5.74) is 1.03. The minimum absolute atomic E-state index is 0.0114. The number of phenolic OH excluding ortho intramolecular Hbond substituents is 2. The van der Waals surface area contributed by atoms with E-state index in [0.29, 0.717) is 22.9 Å². The number of ether oxygens (including phenoxy) is 2. The molecule has 0 aliphatic rings. The molecular formula is C22H18Cl2O5. The molecule has 0 heterocycles. The van der Waals surface area contributed by atoms with Crippen LogP contribution in [0.2, 0.25) is 10.0 Å². The van der Waals surface area contributed by atoms with Gasteiger partial charge >= 0.3 is 5.97 Å². The molecule has 150 valence electrons. The Morgan fingerprint density at radius 2 is 1.69 bits per heavy atom. The molecule has 3 aromatic rings. The van der Waals surface area contributed by atoms with Gasteiger partial charge in [0.25, 0.3) is 0 Å². The fraction of sp³-hybridized carbons (Fsp3) is 0.136. The number of phenols is 2. The molecule has 0 atom stereocenters. The fourth-order valence-corrected chi connectivity index (χ4v) is 3.36. The van der Waals surface area contributed by atoms with Crippen LogP contribution >= 0.6 is 23.2 Å². The van der Waals surface area contributed by atoms with Crippen molar-refractivity contribution in [2.45, 2.75) is 12.8 Å². The molecule has 0 fully saturated rings.